The van der Waals surface area contributed by atoms with Crippen LogP contribution in [-0.2, 0) is 9.59 Å². The number of hydrogen-bond donors (Lipinski definition) is 3. The van der Waals surface area contributed by atoms with Gasteiger partial charge in [0.1, 0.15) is 6.29 Å². The smallest absolute Gasteiger partial charge is 0.271 e. The van der Waals surface area contributed by atoms with E-state index in [-0.39, 0.29) is 30.7 Å². The predicted octanol–water partition coefficient (Wildman–Crippen LogP) is 1.13. The zero-order valence-electron chi connectivity index (χ0n) is 15.5. The maximum atomic E-state index is 12.8. The number of carbonyl (C=O) groups excluding carboxylic acids is 3. The Morgan fingerprint density at radius 1 is 1.33 bits per heavy atom. The van der Waals surface area contributed by atoms with E-state index in [1.54, 1.807) is 17.5 Å². The molecule has 0 unspecified atom stereocenters. The van der Waals surface area contributed by atoms with Crippen molar-refractivity contribution in [3.8, 4) is 0 Å². The first kappa shape index (κ1) is 25.0. The number of aldehydes is 1. The van der Waals surface area contributed by atoms with Crippen LogP contribution in [0.15, 0.2) is 22.5 Å². The van der Waals surface area contributed by atoms with Gasteiger partial charge in [-0.25, -0.2) is 0 Å². The van der Waals surface area contributed by atoms with E-state index in [0.29, 0.717) is 30.5 Å². The summed E-state index contributed by atoms with van der Waals surface area (Å²) >= 11 is 1.21. The van der Waals surface area contributed by atoms with E-state index in [0.717, 1.165) is 4.90 Å². The summed E-state index contributed by atoms with van der Waals surface area (Å²) in [6.45, 7) is 4.18. The third-order valence-electron chi connectivity index (χ3n) is 3.67. The minimum atomic E-state index is -0.912. The minimum Gasteiger partial charge on any atom is -0.370 e. The minimum absolute atomic E-state index is 0. The van der Waals surface area contributed by atoms with Crippen molar-refractivity contribution < 1.29 is 14.4 Å². The van der Waals surface area contributed by atoms with Crippen LogP contribution in [0.1, 0.15) is 42.8 Å². The Morgan fingerprint density at radius 3 is 2.48 bits per heavy atom. The number of imide groups is 1. The molecule has 1 aromatic heterocycles. The number of rotatable bonds is 10. The number of amides is 2. The highest BCUT2D eigenvalue weighted by Gasteiger charge is 2.33. The second-order valence-corrected chi connectivity index (χ2v) is 7.33. The third kappa shape index (κ3) is 8.06. The van der Waals surface area contributed by atoms with Crippen molar-refractivity contribution in [3.05, 3.63) is 22.4 Å². The van der Waals surface area contributed by atoms with Crippen LogP contribution in [0.4, 0.5) is 0 Å². The molecule has 0 radical (unpaired) electrons. The summed E-state index contributed by atoms with van der Waals surface area (Å²) < 4.78 is 0. The van der Waals surface area contributed by atoms with E-state index in [2.05, 4.69) is 4.99 Å². The fraction of sp³-hybridized carbons (Fsp3) is 0.529. The van der Waals surface area contributed by atoms with Crippen molar-refractivity contribution in [1.82, 2.24) is 4.90 Å². The maximum absolute atomic E-state index is 12.8. The molecule has 0 aliphatic rings. The summed E-state index contributed by atoms with van der Waals surface area (Å²) in [6.07, 6.45) is 1.73. The molecule has 8 nitrogen and oxygen atoms in total. The van der Waals surface area contributed by atoms with Gasteiger partial charge in [0.15, 0.2) is 5.96 Å². The lowest BCUT2D eigenvalue weighted by molar-refractivity contribution is -0.135. The number of thiophene rings is 1. The average Bonchev–Trinajstić information content (AvgIpc) is 3.10. The van der Waals surface area contributed by atoms with Gasteiger partial charge in [0.2, 0.25) is 5.91 Å². The highest BCUT2D eigenvalue weighted by molar-refractivity contribution is 7.12. The highest BCUT2D eigenvalue weighted by atomic mass is 35.5. The summed E-state index contributed by atoms with van der Waals surface area (Å²) in [6, 6.07) is 1.56. The standard InChI is InChI=1S/C17H27N5O3S.ClH/c1-11(2)9-13(18)15(24)22(16(25)14-6-4-8-26-14)12(10-23)5-3-7-21-17(19)20;/h4,6,8,10-13H,3,5,7,9,18H2,1-2H3,(H4,19,20,21);1H/t12-,13-;/m0./s1. The maximum Gasteiger partial charge on any atom is 0.271 e. The van der Waals surface area contributed by atoms with Gasteiger partial charge in [-0.15, -0.1) is 23.7 Å². The largest absolute Gasteiger partial charge is 0.370 e. The monoisotopic (exact) mass is 417 g/mol. The molecule has 0 spiro atoms. The fourth-order valence-corrected chi connectivity index (χ4v) is 3.15. The molecule has 1 rings (SSSR count). The average molecular weight is 418 g/mol. The molecule has 152 valence electrons. The Hall–Kier alpha value is -1.97. The normalized spacial score (nSPS) is 12.6. The molecule has 0 fully saturated rings. The van der Waals surface area contributed by atoms with Gasteiger partial charge in [0.05, 0.1) is 17.0 Å². The van der Waals surface area contributed by atoms with Crippen LogP contribution in [-0.4, -0.2) is 47.6 Å². The Labute approximate surface area is 169 Å². The van der Waals surface area contributed by atoms with Crippen molar-refractivity contribution in [2.75, 3.05) is 6.54 Å². The van der Waals surface area contributed by atoms with E-state index < -0.39 is 23.9 Å². The number of halogens is 1. The molecule has 1 heterocycles. The van der Waals surface area contributed by atoms with Crippen molar-refractivity contribution in [2.45, 2.75) is 45.2 Å². The van der Waals surface area contributed by atoms with Gasteiger partial charge >= 0.3 is 0 Å². The lowest BCUT2D eigenvalue weighted by Crippen LogP contribution is -2.52. The van der Waals surface area contributed by atoms with Crippen LogP contribution in [0.3, 0.4) is 0 Å². The Morgan fingerprint density at radius 2 is 2.00 bits per heavy atom. The topological polar surface area (TPSA) is 145 Å². The Balaban J connectivity index is 0.00000676. The second-order valence-electron chi connectivity index (χ2n) is 6.38. The predicted molar refractivity (Wildman–Crippen MR) is 110 cm³/mol. The highest BCUT2D eigenvalue weighted by Crippen LogP contribution is 2.18. The zero-order chi connectivity index (χ0) is 19.7. The molecule has 2 amide bonds. The summed E-state index contributed by atoms with van der Waals surface area (Å²) in [5.74, 6) is -0.919. The van der Waals surface area contributed by atoms with Crippen LogP contribution < -0.4 is 17.2 Å². The van der Waals surface area contributed by atoms with Crippen molar-refractivity contribution >= 4 is 47.8 Å². The fourth-order valence-electron chi connectivity index (χ4n) is 2.49. The summed E-state index contributed by atoms with van der Waals surface area (Å²) in [4.78, 5) is 42.5. The van der Waals surface area contributed by atoms with Gasteiger partial charge in [-0.2, -0.15) is 0 Å². The lowest BCUT2D eigenvalue weighted by Gasteiger charge is -2.29. The SMILES string of the molecule is CC(C)C[C@H](N)C(=O)N(C(=O)c1cccs1)[C@H](C=O)CCCN=C(N)N.Cl. The van der Waals surface area contributed by atoms with Gasteiger partial charge < -0.3 is 22.0 Å². The zero-order valence-corrected chi connectivity index (χ0v) is 17.2. The van der Waals surface area contributed by atoms with Crippen LogP contribution >= 0.6 is 23.7 Å². The molecule has 2 atom stereocenters. The van der Waals surface area contributed by atoms with Crippen LogP contribution in [0, 0.1) is 5.92 Å². The van der Waals surface area contributed by atoms with Gasteiger partial charge in [-0.05, 0) is 36.6 Å². The molecular formula is C17H28ClN5O3S. The number of aliphatic imine (C=N–C) groups is 1. The molecule has 0 saturated carbocycles. The number of nitrogens with zero attached hydrogens (tertiary/aromatic N) is 2. The number of carbonyl (C=O) groups is 3. The Kier molecular flexibility index (Phi) is 11.5. The molecule has 0 aliphatic carbocycles. The summed E-state index contributed by atoms with van der Waals surface area (Å²) in [5.41, 5.74) is 16.5. The molecule has 10 heteroatoms. The summed E-state index contributed by atoms with van der Waals surface area (Å²) in [7, 11) is 0. The molecular weight excluding hydrogens is 390 g/mol. The number of hydrogen-bond acceptors (Lipinski definition) is 6. The molecule has 0 aromatic carbocycles. The summed E-state index contributed by atoms with van der Waals surface area (Å²) in [5, 5.41) is 1.73. The molecule has 27 heavy (non-hydrogen) atoms. The lowest BCUT2D eigenvalue weighted by atomic mass is 10.0. The second kappa shape index (κ2) is 12.4. The van der Waals surface area contributed by atoms with E-state index in [1.807, 2.05) is 13.8 Å². The van der Waals surface area contributed by atoms with E-state index >= 15 is 0 Å². The number of nitrogens with two attached hydrogens (primary N) is 3. The first-order chi connectivity index (χ1) is 12.3. The molecule has 0 aliphatic heterocycles. The molecule has 0 bridgehead atoms. The van der Waals surface area contributed by atoms with Gasteiger partial charge in [0, 0.05) is 6.54 Å². The van der Waals surface area contributed by atoms with Crippen molar-refractivity contribution in [2.24, 2.45) is 28.1 Å². The van der Waals surface area contributed by atoms with Crippen LogP contribution in [0.2, 0.25) is 0 Å². The first-order valence-corrected chi connectivity index (χ1v) is 9.33. The van der Waals surface area contributed by atoms with Crippen LogP contribution in [0.25, 0.3) is 0 Å². The Bertz CT molecular complexity index is 633. The quantitative estimate of drug-likeness (QED) is 0.225. The third-order valence-corrected chi connectivity index (χ3v) is 4.53. The molecule has 0 saturated heterocycles. The first-order valence-electron chi connectivity index (χ1n) is 8.45. The van der Waals surface area contributed by atoms with E-state index in [1.165, 1.54) is 11.3 Å². The van der Waals surface area contributed by atoms with Crippen molar-refractivity contribution in [1.29, 1.82) is 0 Å². The van der Waals surface area contributed by atoms with Gasteiger partial charge in [0.25, 0.3) is 5.91 Å². The van der Waals surface area contributed by atoms with Gasteiger partial charge in [-0.3, -0.25) is 19.5 Å². The van der Waals surface area contributed by atoms with E-state index in [4.69, 9.17) is 17.2 Å². The molecule has 6 N–H and O–H groups in total. The van der Waals surface area contributed by atoms with Crippen molar-refractivity contribution in [3.63, 3.8) is 0 Å². The molecule has 1 aromatic rings. The van der Waals surface area contributed by atoms with Gasteiger partial charge in [-0.1, -0.05) is 19.9 Å². The van der Waals surface area contributed by atoms with Crippen LogP contribution in [0.5, 0.6) is 0 Å². The number of guanidine groups is 1. The van der Waals surface area contributed by atoms with E-state index in [9.17, 15) is 14.4 Å².